The monoisotopic (exact) mass is 367 g/mol. The molecule has 3 rings (SSSR count). The molecule has 2 N–H and O–H groups in total. The third kappa shape index (κ3) is 4.03. The maximum absolute atomic E-state index is 12.3. The van der Waals surface area contributed by atoms with Gasteiger partial charge in [0.1, 0.15) is 11.4 Å². The van der Waals surface area contributed by atoms with E-state index in [1.54, 1.807) is 38.6 Å². The van der Waals surface area contributed by atoms with Gasteiger partial charge in [0.15, 0.2) is 11.5 Å². The van der Waals surface area contributed by atoms with Crippen LogP contribution in [-0.2, 0) is 0 Å². The number of aromatic nitrogens is 1. The first-order valence-corrected chi connectivity index (χ1v) is 8.46. The number of amides is 1. The van der Waals surface area contributed by atoms with E-state index in [9.17, 15) is 4.79 Å². The van der Waals surface area contributed by atoms with Crippen LogP contribution < -0.4 is 19.6 Å². The number of carbonyl (C=O) groups excluding carboxylic acids is 1. The number of fused-ring (bicyclic) bond motifs is 1. The molecule has 7 heteroatoms. The van der Waals surface area contributed by atoms with Crippen molar-refractivity contribution >= 4 is 23.0 Å². The zero-order valence-electron chi connectivity index (χ0n) is 15.4. The molecule has 2 aromatic carbocycles. The van der Waals surface area contributed by atoms with Crippen LogP contribution in [0.1, 0.15) is 23.0 Å². The SMILES string of the molecule is CCOc1ccc(C=NNC(=O)c2cc3c(OC)cccc3[nH]2)cc1OC. The van der Waals surface area contributed by atoms with Gasteiger partial charge in [-0.25, -0.2) is 5.43 Å². The van der Waals surface area contributed by atoms with Crippen LogP contribution in [0, 0.1) is 0 Å². The molecule has 0 aliphatic rings. The van der Waals surface area contributed by atoms with E-state index < -0.39 is 0 Å². The van der Waals surface area contributed by atoms with Crippen LogP contribution in [0.2, 0.25) is 0 Å². The Kier molecular flexibility index (Phi) is 5.61. The van der Waals surface area contributed by atoms with Gasteiger partial charge < -0.3 is 19.2 Å². The molecule has 140 valence electrons. The third-order valence-corrected chi connectivity index (χ3v) is 3.96. The van der Waals surface area contributed by atoms with Crippen molar-refractivity contribution in [2.75, 3.05) is 20.8 Å². The van der Waals surface area contributed by atoms with Crippen LogP contribution in [0.15, 0.2) is 47.6 Å². The Balaban J connectivity index is 1.72. The van der Waals surface area contributed by atoms with Crippen molar-refractivity contribution in [2.45, 2.75) is 6.92 Å². The van der Waals surface area contributed by atoms with Crippen LogP contribution >= 0.6 is 0 Å². The lowest BCUT2D eigenvalue weighted by Gasteiger charge is -2.09. The molecule has 0 spiro atoms. The molecule has 1 heterocycles. The molecule has 1 aromatic heterocycles. The van der Waals surface area contributed by atoms with Crippen molar-refractivity contribution in [1.82, 2.24) is 10.4 Å². The molecular formula is C20H21N3O4. The topological polar surface area (TPSA) is 84.9 Å². The zero-order valence-corrected chi connectivity index (χ0v) is 15.4. The number of ether oxygens (including phenoxy) is 3. The van der Waals surface area contributed by atoms with E-state index in [1.165, 1.54) is 0 Å². The Morgan fingerprint density at radius 1 is 1.11 bits per heavy atom. The van der Waals surface area contributed by atoms with Crippen molar-refractivity contribution in [2.24, 2.45) is 5.10 Å². The second-order valence-corrected chi connectivity index (χ2v) is 5.65. The van der Waals surface area contributed by atoms with Gasteiger partial charge in [0, 0.05) is 10.9 Å². The normalized spacial score (nSPS) is 10.9. The molecule has 3 aromatic rings. The number of hydrogen-bond donors (Lipinski definition) is 2. The predicted octanol–water partition coefficient (Wildman–Crippen LogP) is 3.35. The number of methoxy groups -OCH3 is 2. The zero-order chi connectivity index (χ0) is 19.2. The number of H-pyrrole nitrogens is 1. The largest absolute Gasteiger partial charge is 0.496 e. The van der Waals surface area contributed by atoms with Gasteiger partial charge in [-0.2, -0.15) is 5.10 Å². The van der Waals surface area contributed by atoms with E-state index >= 15 is 0 Å². The number of benzene rings is 2. The molecule has 0 aliphatic carbocycles. The minimum atomic E-state index is -0.345. The number of nitrogens with zero attached hydrogens (tertiary/aromatic N) is 1. The van der Waals surface area contributed by atoms with Gasteiger partial charge in [-0.3, -0.25) is 4.79 Å². The highest BCUT2D eigenvalue weighted by molar-refractivity contribution is 6.00. The lowest BCUT2D eigenvalue weighted by atomic mass is 10.2. The Morgan fingerprint density at radius 3 is 2.67 bits per heavy atom. The summed E-state index contributed by atoms with van der Waals surface area (Å²) >= 11 is 0. The second-order valence-electron chi connectivity index (χ2n) is 5.65. The third-order valence-electron chi connectivity index (χ3n) is 3.96. The molecule has 0 fully saturated rings. The van der Waals surface area contributed by atoms with Crippen LogP contribution in [0.4, 0.5) is 0 Å². The minimum absolute atomic E-state index is 0.345. The fourth-order valence-electron chi connectivity index (χ4n) is 2.69. The number of hydrogen-bond acceptors (Lipinski definition) is 5. The van der Waals surface area contributed by atoms with E-state index in [-0.39, 0.29) is 5.91 Å². The highest BCUT2D eigenvalue weighted by Gasteiger charge is 2.11. The molecule has 0 unspecified atom stereocenters. The summed E-state index contributed by atoms with van der Waals surface area (Å²) in [6.45, 7) is 2.46. The molecule has 0 saturated heterocycles. The maximum atomic E-state index is 12.3. The van der Waals surface area contributed by atoms with Crippen molar-refractivity contribution in [3.05, 3.63) is 53.7 Å². The van der Waals surface area contributed by atoms with Gasteiger partial charge in [-0.1, -0.05) is 6.07 Å². The summed E-state index contributed by atoms with van der Waals surface area (Å²) < 4.78 is 16.1. The summed E-state index contributed by atoms with van der Waals surface area (Å²) in [4.78, 5) is 15.4. The molecular weight excluding hydrogens is 346 g/mol. The van der Waals surface area contributed by atoms with E-state index in [1.807, 2.05) is 31.2 Å². The van der Waals surface area contributed by atoms with E-state index in [0.29, 0.717) is 29.5 Å². The number of nitrogens with one attached hydrogen (secondary N) is 2. The molecule has 0 aliphatic heterocycles. The van der Waals surface area contributed by atoms with Crippen molar-refractivity contribution in [3.8, 4) is 17.2 Å². The van der Waals surface area contributed by atoms with Crippen molar-refractivity contribution in [3.63, 3.8) is 0 Å². The van der Waals surface area contributed by atoms with Crippen LogP contribution in [0.25, 0.3) is 10.9 Å². The van der Waals surface area contributed by atoms with Crippen molar-refractivity contribution < 1.29 is 19.0 Å². The summed E-state index contributed by atoms with van der Waals surface area (Å²) in [5.74, 6) is 1.62. The number of rotatable bonds is 7. The average Bonchev–Trinajstić information content (AvgIpc) is 3.13. The van der Waals surface area contributed by atoms with Gasteiger partial charge in [0.25, 0.3) is 5.91 Å². The van der Waals surface area contributed by atoms with Crippen LogP contribution in [-0.4, -0.2) is 37.9 Å². The molecule has 0 bridgehead atoms. The Morgan fingerprint density at radius 2 is 1.93 bits per heavy atom. The molecule has 0 atom stereocenters. The van der Waals surface area contributed by atoms with E-state index in [2.05, 4.69) is 15.5 Å². The first-order chi connectivity index (χ1) is 13.2. The average molecular weight is 367 g/mol. The molecule has 27 heavy (non-hydrogen) atoms. The van der Waals surface area contributed by atoms with E-state index in [4.69, 9.17) is 14.2 Å². The maximum Gasteiger partial charge on any atom is 0.287 e. The van der Waals surface area contributed by atoms with Gasteiger partial charge in [-0.15, -0.1) is 0 Å². The fourth-order valence-corrected chi connectivity index (χ4v) is 2.69. The van der Waals surface area contributed by atoms with Gasteiger partial charge in [-0.05, 0) is 48.9 Å². The quantitative estimate of drug-likeness (QED) is 0.495. The first kappa shape index (κ1) is 18.3. The number of aromatic amines is 1. The second kappa shape index (κ2) is 8.27. The lowest BCUT2D eigenvalue weighted by Crippen LogP contribution is -2.17. The summed E-state index contributed by atoms with van der Waals surface area (Å²) in [5, 5.41) is 4.85. The van der Waals surface area contributed by atoms with Gasteiger partial charge in [0.05, 0.1) is 27.0 Å². The number of hydrazone groups is 1. The highest BCUT2D eigenvalue weighted by atomic mass is 16.5. The summed E-state index contributed by atoms with van der Waals surface area (Å²) in [6, 6.07) is 12.7. The predicted molar refractivity (Wildman–Crippen MR) is 104 cm³/mol. The van der Waals surface area contributed by atoms with Crippen LogP contribution in [0.3, 0.4) is 0 Å². The summed E-state index contributed by atoms with van der Waals surface area (Å²) in [5.41, 5.74) is 4.50. The van der Waals surface area contributed by atoms with Crippen LogP contribution in [0.5, 0.6) is 17.2 Å². The minimum Gasteiger partial charge on any atom is -0.496 e. The standard InChI is InChI=1S/C20H21N3O4/c1-4-27-18-9-8-13(10-19(18)26-3)12-21-23-20(24)16-11-14-15(22-16)6-5-7-17(14)25-2/h5-12,22H,4H2,1-3H3,(H,23,24). The lowest BCUT2D eigenvalue weighted by molar-refractivity contribution is 0.0951. The smallest absolute Gasteiger partial charge is 0.287 e. The molecule has 0 radical (unpaired) electrons. The van der Waals surface area contributed by atoms with Gasteiger partial charge in [0.2, 0.25) is 0 Å². The Hall–Kier alpha value is -3.48. The van der Waals surface area contributed by atoms with Crippen molar-refractivity contribution in [1.29, 1.82) is 0 Å². The molecule has 7 nitrogen and oxygen atoms in total. The molecule has 0 saturated carbocycles. The first-order valence-electron chi connectivity index (χ1n) is 8.46. The molecule has 1 amide bonds. The Labute approximate surface area is 156 Å². The van der Waals surface area contributed by atoms with Gasteiger partial charge >= 0.3 is 0 Å². The summed E-state index contributed by atoms with van der Waals surface area (Å²) in [6.07, 6.45) is 1.54. The summed E-state index contributed by atoms with van der Waals surface area (Å²) in [7, 11) is 3.17. The highest BCUT2D eigenvalue weighted by Crippen LogP contribution is 2.27. The van der Waals surface area contributed by atoms with E-state index in [0.717, 1.165) is 16.5 Å². The fraction of sp³-hybridized carbons (Fsp3) is 0.200. The Bertz CT molecular complexity index is 979. The number of carbonyl (C=O) groups is 1.